The Kier molecular flexibility index (Phi) is 3.65. The van der Waals surface area contributed by atoms with Crippen LogP contribution in [0.1, 0.15) is 12.1 Å². The van der Waals surface area contributed by atoms with E-state index < -0.39 is 0 Å². The summed E-state index contributed by atoms with van der Waals surface area (Å²) in [5.74, 6) is 0.0630. The van der Waals surface area contributed by atoms with E-state index in [1.54, 1.807) is 0 Å². The Morgan fingerprint density at radius 2 is 2.20 bits per heavy atom. The van der Waals surface area contributed by atoms with Crippen LogP contribution in [0.3, 0.4) is 0 Å². The number of amides is 1. The number of para-hydroxylation sites is 1. The standard InChI is InChI=1S/C16H19N3O/c1-19-9-8-14(11-19)18-16(20)10-13-7-6-12-4-2-3-5-15(12)17-13/h2-7,14H,8-11H2,1H3,(H,18,20). The number of carbonyl (C=O) groups is 1. The third-order valence-corrected chi connectivity index (χ3v) is 3.75. The van der Waals surface area contributed by atoms with Gasteiger partial charge in [-0.15, -0.1) is 0 Å². The zero-order chi connectivity index (χ0) is 13.9. The van der Waals surface area contributed by atoms with E-state index in [1.807, 2.05) is 36.4 Å². The minimum Gasteiger partial charge on any atom is -0.352 e. The predicted molar refractivity (Wildman–Crippen MR) is 79.5 cm³/mol. The van der Waals surface area contributed by atoms with E-state index in [1.165, 1.54) is 0 Å². The van der Waals surface area contributed by atoms with Gasteiger partial charge >= 0.3 is 0 Å². The van der Waals surface area contributed by atoms with Gasteiger partial charge in [-0.25, -0.2) is 0 Å². The van der Waals surface area contributed by atoms with Crippen molar-refractivity contribution in [3.63, 3.8) is 0 Å². The molecule has 1 saturated heterocycles. The first-order valence-corrected chi connectivity index (χ1v) is 7.03. The van der Waals surface area contributed by atoms with Gasteiger partial charge in [-0.3, -0.25) is 9.78 Å². The number of likely N-dealkylation sites (tertiary alicyclic amines) is 1. The van der Waals surface area contributed by atoms with Crippen molar-refractivity contribution in [1.82, 2.24) is 15.2 Å². The van der Waals surface area contributed by atoms with Crippen molar-refractivity contribution in [2.45, 2.75) is 18.9 Å². The molecule has 1 unspecified atom stereocenters. The fourth-order valence-corrected chi connectivity index (χ4v) is 2.70. The molecular weight excluding hydrogens is 250 g/mol. The van der Waals surface area contributed by atoms with Gasteiger partial charge in [0, 0.05) is 18.0 Å². The second-order valence-corrected chi connectivity index (χ2v) is 5.49. The summed E-state index contributed by atoms with van der Waals surface area (Å²) in [6, 6.07) is 12.2. The number of likely N-dealkylation sites (N-methyl/N-ethyl adjacent to an activating group) is 1. The minimum absolute atomic E-state index is 0.0630. The Morgan fingerprint density at radius 3 is 3.00 bits per heavy atom. The molecule has 4 nitrogen and oxygen atoms in total. The van der Waals surface area contributed by atoms with Crippen molar-refractivity contribution in [1.29, 1.82) is 0 Å². The third-order valence-electron chi connectivity index (χ3n) is 3.75. The SMILES string of the molecule is CN1CCC(NC(=O)Cc2ccc3ccccc3n2)C1. The average Bonchev–Trinajstić information content (AvgIpc) is 2.83. The number of carbonyl (C=O) groups excluding carboxylic acids is 1. The van der Waals surface area contributed by atoms with Crippen LogP contribution in [0, 0.1) is 0 Å². The van der Waals surface area contributed by atoms with E-state index in [9.17, 15) is 4.79 Å². The molecule has 104 valence electrons. The predicted octanol–water partition coefficient (Wildman–Crippen LogP) is 1.60. The summed E-state index contributed by atoms with van der Waals surface area (Å²) in [4.78, 5) is 18.8. The highest BCUT2D eigenvalue weighted by molar-refractivity contribution is 5.81. The number of fused-ring (bicyclic) bond motifs is 1. The monoisotopic (exact) mass is 269 g/mol. The van der Waals surface area contributed by atoms with Crippen LogP contribution < -0.4 is 5.32 Å². The fraction of sp³-hybridized carbons (Fsp3) is 0.375. The summed E-state index contributed by atoms with van der Waals surface area (Å²) in [5, 5.41) is 4.19. The molecule has 1 aromatic carbocycles. The molecule has 0 aliphatic carbocycles. The summed E-state index contributed by atoms with van der Waals surface area (Å²) in [6.07, 6.45) is 1.39. The van der Waals surface area contributed by atoms with E-state index in [2.05, 4.69) is 22.2 Å². The number of pyridine rings is 1. The lowest BCUT2D eigenvalue weighted by Gasteiger charge is -2.12. The van der Waals surface area contributed by atoms with E-state index in [4.69, 9.17) is 0 Å². The highest BCUT2D eigenvalue weighted by Gasteiger charge is 2.21. The van der Waals surface area contributed by atoms with Gasteiger partial charge in [0.1, 0.15) is 0 Å². The second kappa shape index (κ2) is 5.59. The normalized spacial score (nSPS) is 19.4. The lowest BCUT2D eigenvalue weighted by Crippen LogP contribution is -2.37. The van der Waals surface area contributed by atoms with Crippen LogP contribution in [0.4, 0.5) is 0 Å². The molecule has 2 heterocycles. The number of rotatable bonds is 3. The molecule has 4 heteroatoms. The molecule has 1 N–H and O–H groups in total. The zero-order valence-corrected chi connectivity index (χ0v) is 11.7. The highest BCUT2D eigenvalue weighted by atomic mass is 16.1. The van der Waals surface area contributed by atoms with Crippen molar-refractivity contribution < 1.29 is 4.79 Å². The van der Waals surface area contributed by atoms with Crippen molar-refractivity contribution in [3.8, 4) is 0 Å². The largest absolute Gasteiger partial charge is 0.352 e. The molecule has 1 aromatic heterocycles. The first kappa shape index (κ1) is 13.1. The molecule has 1 amide bonds. The van der Waals surface area contributed by atoms with Gasteiger partial charge in [0.25, 0.3) is 0 Å². The number of benzene rings is 1. The third kappa shape index (κ3) is 2.96. The van der Waals surface area contributed by atoms with Crippen molar-refractivity contribution in [2.75, 3.05) is 20.1 Å². The van der Waals surface area contributed by atoms with Crippen LogP contribution >= 0.6 is 0 Å². The summed E-state index contributed by atoms with van der Waals surface area (Å²) < 4.78 is 0. The fourth-order valence-electron chi connectivity index (χ4n) is 2.70. The first-order chi connectivity index (χ1) is 9.70. The smallest absolute Gasteiger partial charge is 0.226 e. The Morgan fingerprint density at radius 1 is 1.35 bits per heavy atom. The van der Waals surface area contributed by atoms with Crippen LogP contribution in [0.5, 0.6) is 0 Å². The van der Waals surface area contributed by atoms with E-state index in [-0.39, 0.29) is 11.9 Å². The van der Waals surface area contributed by atoms with Crippen LogP contribution in [0.25, 0.3) is 10.9 Å². The summed E-state index contributed by atoms with van der Waals surface area (Å²) in [5.41, 5.74) is 1.77. The van der Waals surface area contributed by atoms with Gasteiger partial charge in [0.15, 0.2) is 0 Å². The molecule has 2 aromatic rings. The second-order valence-electron chi connectivity index (χ2n) is 5.49. The maximum atomic E-state index is 12.0. The number of nitrogens with one attached hydrogen (secondary N) is 1. The molecule has 20 heavy (non-hydrogen) atoms. The molecule has 1 aliphatic rings. The van der Waals surface area contributed by atoms with Crippen molar-refractivity contribution in [2.24, 2.45) is 0 Å². The average molecular weight is 269 g/mol. The molecule has 1 atom stereocenters. The van der Waals surface area contributed by atoms with Gasteiger partial charge in [-0.05, 0) is 32.1 Å². The molecule has 0 spiro atoms. The summed E-state index contributed by atoms with van der Waals surface area (Å²) in [7, 11) is 2.08. The highest BCUT2D eigenvalue weighted by Crippen LogP contribution is 2.12. The number of aromatic nitrogens is 1. The van der Waals surface area contributed by atoms with Gasteiger partial charge in [-0.2, -0.15) is 0 Å². The zero-order valence-electron chi connectivity index (χ0n) is 11.7. The number of hydrogen-bond acceptors (Lipinski definition) is 3. The van der Waals surface area contributed by atoms with E-state index in [0.717, 1.165) is 36.1 Å². The van der Waals surface area contributed by atoms with E-state index >= 15 is 0 Å². The lowest BCUT2D eigenvalue weighted by molar-refractivity contribution is -0.121. The Hall–Kier alpha value is -1.94. The van der Waals surface area contributed by atoms with Crippen LogP contribution in [0.15, 0.2) is 36.4 Å². The number of nitrogens with zero attached hydrogens (tertiary/aromatic N) is 2. The van der Waals surface area contributed by atoms with Crippen LogP contribution in [-0.4, -0.2) is 42.0 Å². The van der Waals surface area contributed by atoms with E-state index in [0.29, 0.717) is 6.42 Å². The molecule has 1 fully saturated rings. The van der Waals surface area contributed by atoms with Crippen LogP contribution in [0.2, 0.25) is 0 Å². The summed E-state index contributed by atoms with van der Waals surface area (Å²) >= 11 is 0. The Bertz CT molecular complexity index is 626. The molecule has 3 rings (SSSR count). The van der Waals surface area contributed by atoms with Gasteiger partial charge < -0.3 is 10.2 Å². The first-order valence-electron chi connectivity index (χ1n) is 7.03. The van der Waals surface area contributed by atoms with Crippen molar-refractivity contribution in [3.05, 3.63) is 42.1 Å². The molecule has 1 aliphatic heterocycles. The van der Waals surface area contributed by atoms with Crippen LogP contribution in [-0.2, 0) is 11.2 Å². The Balaban J connectivity index is 1.65. The Labute approximate surface area is 118 Å². The van der Waals surface area contributed by atoms with Gasteiger partial charge in [0.2, 0.25) is 5.91 Å². The molecule has 0 radical (unpaired) electrons. The minimum atomic E-state index is 0.0630. The van der Waals surface area contributed by atoms with Crippen molar-refractivity contribution >= 4 is 16.8 Å². The maximum Gasteiger partial charge on any atom is 0.226 e. The number of hydrogen-bond donors (Lipinski definition) is 1. The molecule has 0 bridgehead atoms. The topological polar surface area (TPSA) is 45.2 Å². The van der Waals surface area contributed by atoms with Gasteiger partial charge in [-0.1, -0.05) is 24.3 Å². The maximum absolute atomic E-state index is 12.0. The summed E-state index contributed by atoms with van der Waals surface area (Å²) in [6.45, 7) is 2.00. The molecule has 0 saturated carbocycles. The lowest BCUT2D eigenvalue weighted by atomic mass is 10.1. The van der Waals surface area contributed by atoms with Gasteiger partial charge in [0.05, 0.1) is 17.6 Å². The molecular formula is C16H19N3O. The quantitative estimate of drug-likeness (QED) is 0.920.